The molecule has 2 aromatic rings. The van der Waals surface area contributed by atoms with Gasteiger partial charge >= 0.3 is 5.63 Å². The topological polar surface area (TPSA) is 57.9 Å². The van der Waals surface area contributed by atoms with E-state index < -0.39 is 11.9 Å². The van der Waals surface area contributed by atoms with Crippen molar-refractivity contribution in [1.29, 1.82) is 0 Å². The lowest BCUT2D eigenvalue weighted by molar-refractivity contribution is -0.0344. The van der Waals surface area contributed by atoms with Gasteiger partial charge in [0.1, 0.15) is 5.58 Å². The maximum Gasteiger partial charge on any atom is 0.336 e. The van der Waals surface area contributed by atoms with Crippen LogP contribution < -0.4 is 15.1 Å². The molecule has 5 nitrogen and oxygen atoms in total. The van der Waals surface area contributed by atoms with Crippen molar-refractivity contribution in [2.45, 2.75) is 12.2 Å². The van der Waals surface area contributed by atoms with Crippen LogP contribution in [0.15, 0.2) is 39.6 Å². The van der Waals surface area contributed by atoms with Gasteiger partial charge in [0.15, 0.2) is 11.5 Å². The molecule has 0 aliphatic carbocycles. The molecule has 1 saturated heterocycles. The van der Waals surface area contributed by atoms with Crippen LogP contribution in [0, 0.1) is 0 Å². The van der Waals surface area contributed by atoms with E-state index in [1.54, 1.807) is 19.2 Å². The first kappa shape index (κ1) is 11.5. The van der Waals surface area contributed by atoms with Gasteiger partial charge in [-0.1, -0.05) is 6.58 Å². The van der Waals surface area contributed by atoms with Gasteiger partial charge in [0, 0.05) is 11.5 Å². The summed E-state index contributed by atoms with van der Waals surface area (Å²) in [5, 5.41) is 0.796. The molecule has 0 saturated carbocycles. The summed E-state index contributed by atoms with van der Waals surface area (Å²) in [6, 6.07) is 4.90. The van der Waals surface area contributed by atoms with E-state index in [1.807, 2.05) is 0 Å². The van der Waals surface area contributed by atoms with Crippen LogP contribution in [-0.2, 0) is 4.74 Å². The Bertz CT molecular complexity index is 789. The first-order valence-corrected chi connectivity index (χ1v) is 6.29. The molecule has 5 heteroatoms. The van der Waals surface area contributed by atoms with E-state index in [0.717, 1.165) is 16.5 Å². The highest BCUT2D eigenvalue weighted by atomic mass is 16.7. The minimum Gasteiger partial charge on any atom is -0.493 e. The molecule has 1 aromatic carbocycles. The van der Waals surface area contributed by atoms with Crippen molar-refractivity contribution < 1.29 is 18.6 Å². The quantitative estimate of drug-likeness (QED) is 0.588. The lowest BCUT2D eigenvalue weighted by atomic mass is 9.93. The average molecular weight is 272 g/mol. The van der Waals surface area contributed by atoms with Crippen LogP contribution in [-0.4, -0.2) is 20.0 Å². The number of fused-ring (bicyclic) bond motifs is 5. The summed E-state index contributed by atoms with van der Waals surface area (Å²) in [7, 11) is 1.58. The Balaban J connectivity index is 2.10. The van der Waals surface area contributed by atoms with Crippen molar-refractivity contribution in [2.75, 3.05) is 13.7 Å². The Labute approximate surface area is 114 Å². The van der Waals surface area contributed by atoms with Crippen LogP contribution in [0.4, 0.5) is 0 Å². The third kappa shape index (κ3) is 1.38. The zero-order valence-corrected chi connectivity index (χ0v) is 10.8. The number of hydrogen-bond acceptors (Lipinski definition) is 5. The summed E-state index contributed by atoms with van der Waals surface area (Å²) in [6.07, 6.45) is -0.414. The molecule has 2 aliphatic heterocycles. The van der Waals surface area contributed by atoms with Gasteiger partial charge in [-0.3, -0.25) is 0 Å². The molecular formula is C15H12O5. The number of ether oxygens (including phenoxy) is 3. The monoisotopic (exact) mass is 272 g/mol. The van der Waals surface area contributed by atoms with Gasteiger partial charge in [-0.15, -0.1) is 0 Å². The number of rotatable bonds is 1. The molecule has 3 heterocycles. The Hall–Kier alpha value is -2.27. The Morgan fingerprint density at radius 1 is 1.40 bits per heavy atom. The molecule has 2 atom stereocenters. The number of methoxy groups -OCH3 is 1. The Kier molecular flexibility index (Phi) is 2.23. The van der Waals surface area contributed by atoms with Crippen LogP contribution in [0.5, 0.6) is 11.5 Å². The zero-order chi connectivity index (χ0) is 13.9. The number of hydrogen-bond donors (Lipinski definition) is 0. The number of benzene rings is 1. The summed E-state index contributed by atoms with van der Waals surface area (Å²) in [4.78, 5) is 11.5. The molecule has 1 fully saturated rings. The average Bonchev–Trinajstić information content (AvgIpc) is 2.98. The van der Waals surface area contributed by atoms with Gasteiger partial charge in [-0.05, 0) is 17.7 Å². The summed E-state index contributed by atoms with van der Waals surface area (Å²) in [6.45, 7) is 4.46. The fourth-order valence-electron chi connectivity index (χ4n) is 2.88. The fourth-order valence-corrected chi connectivity index (χ4v) is 2.88. The van der Waals surface area contributed by atoms with Crippen LogP contribution in [0.2, 0.25) is 0 Å². The maximum absolute atomic E-state index is 11.5. The molecular weight excluding hydrogens is 260 g/mol. The summed E-state index contributed by atoms with van der Waals surface area (Å²) in [5.74, 6) is 1.06. The van der Waals surface area contributed by atoms with Crippen molar-refractivity contribution in [3.63, 3.8) is 0 Å². The smallest absolute Gasteiger partial charge is 0.336 e. The lowest BCUT2D eigenvalue weighted by Crippen LogP contribution is -2.14. The van der Waals surface area contributed by atoms with Gasteiger partial charge in [0.2, 0.25) is 6.29 Å². The molecule has 4 rings (SSSR count). The molecule has 2 aliphatic rings. The van der Waals surface area contributed by atoms with E-state index >= 15 is 0 Å². The first-order valence-electron chi connectivity index (χ1n) is 6.29. The van der Waals surface area contributed by atoms with Crippen LogP contribution in [0.3, 0.4) is 0 Å². The summed E-state index contributed by atoms with van der Waals surface area (Å²) < 4.78 is 22.1. The summed E-state index contributed by atoms with van der Waals surface area (Å²) >= 11 is 0. The molecule has 1 aromatic heterocycles. The third-order valence-electron chi connectivity index (χ3n) is 3.77. The largest absolute Gasteiger partial charge is 0.493 e. The molecule has 0 amide bonds. The summed E-state index contributed by atoms with van der Waals surface area (Å²) in [5.41, 5.74) is 1.84. The Morgan fingerprint density at radius 3 is 3.05 bits per heavy atom. The molecule has 0 N–H and O–H groups in total. The maximum atomic E-state index is 11.5. The van der Waals surface area contributed by atoms with E-state index in [9.17, 15) is 4.79 Å². The first-order chi connectivity index (χ1) is 9.69. The second-order valence-corrected chi connectivity index (χ2v) is 4.93. The normalized spacial score (nSPS) is 23.6. The molecule has 102 valence electrons. The predicted molar refractivity (Wildman–Crippen MR) is 71.3 cm³/mol. The van der Waals surface area contributed by atoms with E-state index in [0.29, 0.717) is 23.7 Å². The van der Waals surface area contributed by atoms with Crippen molar-refractivity contribution in [2.24, 2.45) is 0 Å². The van der Waals surface area contributed by atoms with E-state index in [-0.39, 0.29) is 5.92 Å². The van der Waals surface area contributed by atoms with Crippen molar-refractivity contribution in [1.82, 2.24) is 0 Å². The zero-order valence-electron chi connectivity index (χ0n) is 10.8. The highest BCUT2D eigenvalue weighted by molar-refractivity contribution is 5.87. The van der Waals surface area contributed by atoms with Crippen LogP contribution >= 0.6 is 0 Å². The van der Waals surface area contributed by atoms with Crippen molar-refractivity contribution in [3.05, 3.63) is 46.3 Å². The predicted octanol–water partition coefficient (Wildman–Crippen LogP) is 2.19. The van der Waals surface area contributed by atoms with Gasteiger partial charge in [-0.25, -0.2) is 4.79 Å². The minimum absolute atomic E-state index is 0.117. The molecule has 0 bridgehead atoms. The molecule has 0 spiro atoms. The van der Waals surface area contributed by atoms with Crippen molar-refractivity contribution in [3.8, 4) is 11.5 Å². The molecule has 0 radical (unpaired) electrons. The second-order valence-electron chi connectivity index (χ2n) is 4.93. The SMILES string of the molecule is C=C1CO[C@@H]2Oc3c(OC)cc4ccc(=O)oc4c3[C@H]12. The highest BCUT2D eigenvalue weighted by Crippen LogP contribution is 2.52. The van der Waals surface area contributed by atoms with Crippen LogP contribution in [0.25, 0.3) is 11.0 Å². The minimum atomic E-state index is -0.414. The van der Waals surface area contributed by atoms with Gasteiger partial charge in [-0.2, -0.15) is 0 Å². The standard InChI is InChI=1S/C15H12O5/c1-7-6-18-15-11(7)12-13-8(3-4-10(16)19-13)5-9(17-2)14(12)20-15/h3-5,11,15H,1,6H2,2H3/t11-,15+/m0/s1. The van der Waals surface area contributed by atoms with E-state index in [4.69, 9.17) is 18.6 Å². The van der Waals surface area contributed by atoms with Gasteiger partial charge < -0.3 is 18.6 Å². The van der Waals surface area contributed by atoms with Crippen LogP contribution in [0.1, 0.15) is 11.5 Å². The Morgan fingerprint density at radius 2 is 2.25 bits per heavy atom. The van der Waals surface area contributed by atoms with Gasteiger partial charge in [0.05, 0.1) is 25.2 Å². The fraction of sp³-hybridized carbons (Fsp3) is 0.267. The van der Waals surface area contributed by atoms with Crippen molar-refractivity contribution >= 4 is 11.0 Å². The van der Waals surface area contributed by atoms with Gasteiger partial charge in [0.25, 0.3) is 0 Å². The van der Waals surface area contributed by atoms with E-state index in [1.165, 1.54) is 6.07 Å². The highest BCUT2D eigenvalue weighted by Gasteiger charge is 2.45. The third-order valence-corrected chi connectivity index (χ3v) is 3.77. The lowest BCUT2D eigenvalue weighted by Gasteiger charge is -2.11. The molecule has 0 unspecified atom stereocenters. The second kappa shape index (κ2) is 3.86. The molecule has 20 heavy (non-hydrogen) atoms. The van der Waals surface area contributed by atoms with E-state index in [2.05, 4.69) is 6.58 Å².